The summed E-state index contributed by atoms with van der Waals surface area (Å²) in [4.78, 5) is 27.3. The monoisotopic (exact) mass is 499 g/mol. The number of methoxy groups -OCH3 is 2. The first kappa shape index (κ1) is 24.6. The summed E-state index contributed by atoms with van der Waals surface area (Å²) in [6, 6.07) is 11.8. The summed E-state index contributed by atoms with van der Waals surface area (Å²) >= 11 is 0. The van der Waals surface area contributed by atoms with Gasteiger partial charge in [-0.25, -0.2) is 8.42 Å². The molecule has 2 amide bonds. The lowest BCUT2D eigenvalue weighted by Crippen LogP contribution is -2.37. The van der Waals surface area contributed by atoms with E-state index in [4.69, 9.17) is 9.47 Å². The van der Waals surface area contributed by atoms with Crippen LogP contribution in [0, 0.1) is 0 Å². The number of hydrogen-bond donors (Lipinski definition) is 1. The van der Waals surface area contributed by atoms with Crippen LogP contribution in [0.5, 0.6) is 11.5 Å². The van der Waals surface area contributed by atoms with E-state index in [1.54, 1.807) is 47.0 Å². The molecule has 0 radical (unpaired) electrons. The normalized spacial score (nSPS) is 14.1. The van der Waals surface area contributed by atoms with E-state index >= 15 is 0 Å². The van der Waals surface area contributed by atoms with Gasteiger partial charge >= 0.3 is 0 Å². The number of nitrogens with one attached hydrogen (secondary N) is 1. The third-order valence-electron chi connectivity index (χ3n) is 6.09. The molecule has 1 N–H and O–H groups in total. The summed E-state index contributed by atoms with van der Waals surface area (Å²) in [5.74, 6) is -0.561. The van der Waals surface area contributed by atoms with Crippen LogP contribution in [0.25, 0.3) is 10.9 Å². The Balaban J connectivity index is 1.55. The minimum Gasteiger partial charge on any atom is -0.493 e. The van der Waals surface area contributed by atoms with Gasteiger partial charge in [0.25, 0.3) is 0 Å². The number of carbonyl (C=O) groups is 2. The second kappa shape index (κ2) is 10.4. The molecule has 2 aromatic carbocycles. The third kappa shape index (κ3) is 5.43. The minimum atomic E-state index is -3.99. The minimum absolute atomic E-state index is 0.0296. The Morgan fingerprint density at radius 2 is 1.69 bits per heavy atom. The smallest absolute Gasteiger partial charge is 0.242 e. The quantitative estimate of drug-likeness (QED) is 0.511. The summed E-state index contributed by atoms with van der Waals surface area (Å²) in [6.45, 7) is 1.49. The lowest BCUT2D eigenvalue weighted by molar-refractivity contribution is -0.132. The molecule has 0 spiro atoms. The highest BCUT2D eigenvalue weighted by atomic mass is 32.2. The Morgan fingerprint density at radius 3 is 2.40 bits per heavy atom. The molecular formula is C25H29N3O6S. The molecule has 1 aliphatic heterocycles. The SMILES string of the molecule is COc1ccc(NC(=O)CS(=O)(=O)c2cn(CC(=O)N3CCCCC3)c3ccccc23)cc1OC. The molecule has 0 saturated carbocycles. The molecule has 0 bridgehead atoms. The van der Waals surface area contributed by atoms with Crippen molar-refractivity contribution in [1.29, 1.82) is 0 Å². The molecule has 0 aliphatic carbocycles. The Hall–Kier alpha value is -3.53. The lowest BCUT2D eigenvalue weighted by atomic mass is 10.1. The van der Waals surface area contributed by atoms with Crippen molar-refractivity contribution in [3.8, 4) is 11.5 Å². The molecule has 0 unspecified atom stereocenters. The molecule has 1 fully saturated rings. The number of carbonyl (C=O) groups excluding carboxylic acids is 2. The number of anilines is 1. The molecule has 3 aromatic rings. The van der Waals surface area contributed by atoms with E-state index in [2.05, 4.69) is 5.32 Å². The second-order valence-corrected chi connectivity index (χ2v) is 10.4. The molecule has 1 aliphatic rings. The zero-order valence-corrected chi connectivity index (χ0v) is 20.6. The second-order valence-electron chi connectivity index (χ2n) is 8.46. The van der Waals surface area contributed by atoms with Crippen molar-refractivity contribution in [2.45, 2.75) is 30.7 Å². The Kier molecular flexibility index (Phi) is 7.30. The van der Waals surface area contributed by atoms with Crippen molar-refractivity contribution in [2.75, 3.05) is 38.4 Å². The fourth-order valence-electron chi connectivity index (χ4n) is 4.34. The molecule has 1 aromatic heterocycles. The molecule has 1 saturated heterocycles. The summed E-state index contributed by atoms with van der Waals surface area (Å²) in [7, 11) is -1.02. The Labute approximate surface area is 204 Å². The van der Waals surface area contributed by atoms with Gasteiger partial charge < -0.3 is 24.3 Å². The van der Waals surface area contributed by atoms with Gasteiger partial charge in [-0.1, -0.05) is 18.2 Å². The fraction of sp³-hybridized carbons (Fsp3) is 0.360. The van der Waals surface area contributed by atoms with E-state index in [-0.39, 0.29) is 17.3 Å². The summed E-state index contributed by atoms with van der Waals surface area (Å²) in [5, 5.41) is 3.09. The summed E-state index contributed by atoms with van der Waals surface area (Å²) in [5.41, 5.74) is 1.02. The first-order valence-electron chi connectivity index (χ1n) is 11.4. The predicted molar refractivity (Wildman–Crippen MR) is 133 cm³/mol. The van der Waals surface area contributed by atoms with Crippen molar-refractivity contribution in [3.63, 3.8) is 0 Å². The number of nitrogens with zero attached hydrogens (tertiary/aromatic N) is 2. The molecular weight excluding hydrogens is 470 g/mol. The van der Waals surface area contributed by atoms with Crippen LogP contribution in [-0.2, 0) is 26.0 Å². The summed E-state index contributed by atoms with van der Waals surface area (Å²) in [6.07, 6.45) is 4.54. The van der Waals surface area contributed by atoms with E-state index in [0.717, 1.165) is 32.4 Å². The van der Waals surface area contributed by atoms with E-state index in [9.17, 15) is 18.0 Å². The van der Waals surface area contributed by atoms with Crippen LogP contribution in [0.3, 0.4) is 0 Å². The highest BCUT2D eigenvalue weighted by molar-refractivity contribution is 7.92. The molecule has 35 heavy (non-hydrogen) atoms. The van der Waals surface area contributed by atoms with E-state index in [1.807, 2.05) is 4.90 Å². The molecule has 186 valence electrons. The first-order valence-corrected chi connectivity index (χ1v) is 13.1. The number of rotatable bonds is 8. The zero-order chi connectivity index (χ0) is 25.0. The number of para-hydroxylation sites is 1. The van der Waals surface area contributed by atoms with Crippen molar-refractivity contribution >= 4 is 38.2 Å². The number of sulfone groups is 1. The van der Waals surface area contributed by atoms with Crippen molar-refractivity contribution in [3.05, 3.63) is 48.7 Å². The van der Waals surface area contributed by atoms with Crippen LogP contribution >= 0.6 is 0 Å². The zero-order valence-electron chi connectivity index (χ0n) is 19.8. The third-order valence-corrected chi connectivity index (χ3v) is 7.73. The Bertz CT molecular complexity index is 1340. The maximum atomic E-state index is 13.3. The van der Waals surface area contributed by atoms with Gasteiger partial charge in [-0.15, -0.1) is 0 Å². The number of benzene rings is 2. The first-order chi connectivity index (χ1) is 16.8. The van der Waals surface area contributed by atoms with Gasteiger partial charge in [0.15, 0.2) is 21.3 Å². The largest absolute Gasteiger partial charge is 0.493 e. The van der Waals surface area contributed by atoms with Crippen molar-refractivity contribution in [2.24, 2.45) is 0 Å². The number of aromatic nitrogens is 1. The molecule has 9 nitrogen and oxygen atoms in total. The van der Waals surface area contributed by atoms with Crippen LogP contribution in [-0.4, -0.2) is 62.8 Å². The molecule has 10 heteroatoms. The number of fused-ring (bicyclic) bond motifs is 1. The topological polar surface area (TPSA) is 107 Å². The van der Waals surface area contributed by atoms with E-state index < -0.39 is 21.5 Å². The maximum Gasteiger partial charge on any atom is 0.242 e. The van der Waals surface area contributed by atoms with E-state index in [0.29, 0.717) is 28.1 Å². The van der Waals surface area contributed by atoms with Gasteiger partial charge in [-0.05, 0) is 37.5 Å². The van der Waals surface area contributed by atoms with Gasteiger partial charge in [0.05, 0.1) is 19.1 Å². The number of ether oxygens (including phenoxy) is 2. The van der Waals surface area contributed by atoms with Crippen molar-refractivity contribution in [1.82, 2.24) is 9.47 Å². The van der Waals surface area contributed by atoms with Gasteiger partial charge in [0.1, 0.15) is 12.3 Å². The average molecular weight is 500 g/mol. The van der Waals surface area contributed by atoms with Crippen LogP contribution < -0.4 is 14.8 Å². The molecule has 4 rings (SSSR count). The number of likely N-dealkylation sites (tertiary alicyclic amines) is 1. The fourth-order valence-corrected chi connectivity index (χ4v) is 5.71. The summed E-state index contributed by atoms with van der Waals surface area (Å²) < 4.78 is 38.6. The van der Waals surface area contributed by atoms with Crippen LogP contribution in [0.1, 0.15) is 19.3 Å². The lowest BCUT2D eigenvalue weighted by Gasteiger charge is -2.27. The van der Waals surface area contributed by atoms with Crippen molar-refractivity contribution < 1.29 is 27.5 Å². The highest BCUT2D eigenvalue weighted by Crippen LogP contribution is 2.30. The van der Waals surface area contributed by atoms with Gasteiger partial charge in [-0.3, -0.25) is 9.59 Å². The van der Waals surface area contributed by atoms with Crippen LogP contribution in [0.2, 0.25) is 0 Å². The number of hydrogen-bond acceptors (Lipinski definition) is 6. The standard InChI is InChI=1S/C25H29N3O6S/c1-33-21-11-10-18(14-22(21)34-2)26-24(29)17-35(31,32)23-15-28(20-9-5-4-8-19(20)23)16-25(30)27-12-6-3-7-13-27/h4-5,8-11,14-15H,3,6-7,12-13,16-17H2,1-2H3,(H,26,29). The molecule has 0 atom stereocenters. The van der Waals surface area contributed by atoms with E-state index in [1.165, 1.54) is 20.4 Å². The molecule has 2 heterocycles. The Morgan fingerprint density at radius 1 is 0.971 bits per heavy atom. The van der Waals surface area contributed by atoms with Crippen LogP contribution in [0.4, 0.5) is 5.69 Å². The van der Waals surface area contributed by atoms with Gasteiger partial charge in [0, 0.05) is 41.9 Å². The average Bonchev–Trinajstić information content (AvgIpc) is 3.23. The number of amides is 2. The van der Waals surface area contributed by atoms with Crippen LogP contribution in [0.15, 0.2) is 53.6 Å². The maximum absolute atomic E-state index is 13.3. The predicted octanol–water partition coefficient (Wildman–Crippen LogP) is 3.08. The number of piperidine rings is 1. The highest BCUT2D eigenvalue weighted by Gasteiger charge is 2.26. The van der Waals surface area contributed by atoms with Gasteiger partial charge in [0.2, 0.25) is 11.8 Å². The van der Waals surface area contributed by atoms with Gasteiger partial charge in [-0.2, -0.15) is 0 Å².